The van der Waals surface area contributed by atoms with Crippen LogP contribution in [0.15, 0.2) is 40.3 Å². The summed E-state index contributed by atoms with van der Waals surface area (Å²) in [4.78, 5) is 30.0. The van der Waals surface area contributed by atoms with Crippen LogP contribution in [-0.2, 0) is 4.79 Å². The van der Waals surface area contributed by atoms with Crippen LogP contribution in [0, 0.1) is 5.92 Å². The third kappa shape index (κ3) is 4.87. The van der Waals surface area contributed by atoms with Crippen LogP contribution in [0.5, 0.6) is 0 Å². The molecule has 1 atom stereocenters. The van der Waals surface area contributed by atoms with E-state index in [1.807, 2.05) is 20.8 Å². The summed E-state index contributed by atoms with van der Waals surface area (Å²) in [5.74, 6) is -0.470. The fourth-order valence-corrected chi connectivity index (χ4v) is 3.96. The molecule has 1 unspecified atom stereocenters. The van der Waals surface area contributed by atoms with Gasteiger partial charge in [0.05, 0.1) is 10.9 Å². The predicted molar refractivity (Wildman–Crippen MR) is 115 cm³/mol. The maximum Gasteiger partial charge on any atom is 0.274 e. The molecule has 0 saturated heterocycles. The number of hydrogen-bond donors (Lipinski definition) is 2. The lowest BCUT2D eigenvalue weighted by atomic mass is 9.86. The van der Waals surface area contributed by atoms with Crippen molar-refractivity contribution < 1.29 is 9.59 Å². The fourth-order valence-electron chi connectivity index (χ4n) is 3.38. The van der Waals surface area contributed by atoms with Crippen molar-refractivity contribution in [1.29, 1.82) is 0 Å². The summed E-state index contributed by atoms with van der Waals surface area (Å²) in [6.45, 7) is 5.79. The number of rotatable bonds is 5. The van der Waals surface area contributed by atoms with Crippen LogP contribution < -0.4 is 10.6 Å². The second-order valence-electron chi connectivity index (χ2n) is 7.33. The van der Waals surface area contributed by atoms with Crippen LogP contribution >= 0.6 is 27.5 Å². The quantitative estimate of drug-likeness (QED) is 0.677. The molecule has 0 bridgehead atoms. The molecule has 2 N–H and O–H groups in total. The van der Waals surface area contributed by atoms with Gasteiger partial charge in [-0.15, -0.1) is 0 Å². The van der Waals surface area contributed by atoms with Crippen molar-refractivity contribution >= 4 is 39.3 Å². The maximum atomic E-state index is 13.1. The lowest BCUT2D eigenvalue weighted by Gasteiger charge is -2.27. The van der Waals surface area contributed by atoms with Gasteiger partial charge in [-0.1, -0.05) is 17.2 Å². The zero-order valence-corrected chi connectivity index (χ0v) is 18.8. The summed E-state index contributed by atoms with van der Waals surface area (Å²) in [5.41, 5.74) is 1.94. The Labute approximate surface area is 183 Å². The number of halogens is 2. The first-order chi connectivity index (χ1) is 13.8. The molecular formula is C20H23BrClN5O2. The first-order valence-corrected chi connectivity index (χ1v) is 10.6. The Hall–Kier alpha value is -2.19. The van der Waals surface area contributed by atoms with Gasteiger partial charge in [0.2, 0.25) is 5.91 Å². The molecule has 0 saturated carbocycles. The monoisotopic (exact) mass is 479 g/mol. The lowest BCUT2D eigenvalue weighted by Crippen LogP contribution is -2.41. The van der Waals surface area contributed by atoms with Gasteiger partial charge in [0, 0.05) is 24.0 Å². The summed E-state index contributed by atoms with van der Waals surface area (Å²) in [5, 5.41) is 10.6. The van der Waals surface area contributed by atoms with Gasteiger partial charge in [0.1, 0.15) is 10.3 Å². The molecule has 29 heavy (non-hydrogen) atoms. The molecule has 0 aromatic carbocycles. The van der Waals surface area contributed by atoms with E-state index < -0.39 is 0 Å². The summed E-state index contributed by atoms with van der Waals surface area (Å²) in [7, 11) is 0. The minimum atomic E-state index is -0.381. The highest BCUT2D eigenvalue weighted by Crippen LogP contribution is 2.29. The second kappa shape index (κ2) is 9.09. The third-order valence-electron chi connectivity index (χ3n) is 4.70. The van der Waals surface area contributed by atoms with Crippen molar-refractivity contribution in [3.8, 4) is 5.82 Å². The number of aromatic nitrogens is 3. The van der Waals surface area contributed by atoms with Gasteiger partial charge < -0.3 is 10.6 Å². The van der Waals surface area contributed by atoms with E-state index in [-0.39, 0.29) is 29.5 Å². The number of amides is 2. The topological polar surface area (TPSA) is 88.9 Å². The fraction of sp³-hybridized carbons (Fsp3) is 0.400. The number of pyridine rings is 1. The number of hydrogen-bond acceptors (Lipinski definition) is 4. The molecule has 0 fully saturated rings. The van der Waals surface area contributed by atoms with Gasteiger partial charge in [-0.2, -0.15) is 5.10 Å². The van der Waals surface area contributed by atoms with Gasteiger partial charge in [0.25, 0.3) is 5.91 Å². The summed E-state index contributed by atoms with van der Waals surface area (Å²) in [6.07, 6.45) is 4.03. The minimum Gasteiger partial charge on any atom is -0.353 e. The van der Waals surface area contributed by atoms with Crippen molar-refractivity contribution in [3.63, 3.8) is 0 Å². The first-order valence-electron chi connectivity index (χ1n) is 9.45. The molecule has 2 aromatic heterocycles. The molecule has 0 radical (unpaired) electrons. The van der Waals surface area contributed by atoms with Crippen LogP contribution in [0.2, 0.25) is 5.02 Å². The van der Waals surface area contributed by atoms with Crippen LogP contribution in [0.1, 0.15) is 50.5 Å². The van der Waals surface area contributed by atoms with Crippen molar-refractivity contribution in [3.05, 3.63) is 51.0 Å². The second-order valence-corrected chi connectivity index (χ2v) is 8.55. The first kappa shape index (κ1) is 21.5. The van der Waals surface area contributed by atoms with E-state index >= 15 is 0 Å². The molecular weight excluding hydrogens is 458 g/mol. The number of carbonyl (C=O) groups excluding carboxylic acids is 2. The Morgan fingerprint density at radius 2 is 2.14 bits per heavy atom. The molecule has 2 aromatic rings. The summed E-state index contributed by atoms with van der Waals surface area (Å²) < 4.78 is 1.87. The van der Waals surface area contributed by atoms with Gasteiger partial charge in [-0.05, 0) is 68.1 Å². The highest BCUT2D eigenvalue weighted by molar-refractivity contribution is 9.10. The average Bonchev–Trinajstić information content (AvgIpc) is 3.04. The number of allylic oxidation sites excluding steroid dienone is 1. The van der Waals surface area contributed by atoms with Crippen molar-refractivity contribution in [1.82, 2.24) is 25.4 Å². The Kier molecular flexibility index (Phi) is 6.74. The molecule has 154 valence electrons. The molecule has 1 aliphatic rings. The zero-order chi connectivity index (χ0) is 21.1. The molecule has 2 amide bonds. The maximum absolute atomic E-state index is 13.1. The molecule has 1 aliphatic carbocycles. The highest BCUT2D eigenvalue weighted by Gasteiger charge is 2.30. The van der Waals surface area contributed by atoms with E-state index in [0.717, 1.165) is 18.4 Å². The van der Waals surface area contributed by atoms with Crippen LogP contribution in [0.3, 0.4) is 0 Å². The van der Waals surface area contributed by atoms with Crippen LogP contribution in [0.25, 0.3) is 5.82 Å². The number of carbonyl (C=O) groups is 2. The van der Waals surface area contributed by atoms with E-state index in [0.29, 0.717) is 27.6 Å². The Morgan fingerprint density at radius 1 is 1.38 bits per heavy atom. The third-order valence-corrected chi connectivity index (χ3v) is 5.38. The molecule has 0 spiro atoms. The molecule has 7 nitrogen and oxygen atoms in total. The largest absolute Gasteiger partial charge is 0.353 e. The van der Waals surface area contributed by atoms with Crippen LogP contribution in [-0.4, -0.2) is 32.6 Å². The van der Waals surface area contributed by atoms with Crippen LogP contribution in [0.4, 0.5) is 0 Å². The Balaban J connectivity index is 1.92. The SMILES string of the molecule is CC1=C(NC(=O)c2cc(Br)nn2-c2ncccc2Cl)C(C(=O)NC(C)C)CCC1. The molecule has 3 rings (SSSR count). The van der Waals surface area contributed by atoms with Crippen molar-refractivity contribution in [2.24, 2.45) is 5.92 Å². The summed E-state index contributed by atoms with van der Waals surface area (Å²) in [6, 6.07) is 5.02. The standard InChI is InChI=1S/C20H23BrClN5O2/c1-11(2)24-19(28)13-7-4-6-12(3)17(13)25-20(29)15-10-16(21)26-27(15)18-14(22)8-5-9-23-18/h5,8-11,13H,4,6-7H2,1-3H3,(H,24,28)(H,25,29). The Bertz CT molecular complexity index is 970. The Morgan fingerprint density at radius 3 is 2.83 bits per heavy atom. The zero-order valence-electron chi connectivity index (χ0n) is 16.5. The predicted octanol–water partition coefficient (Wildman–Crippen LogP) is 4.01. The highest BCUT2D eigenvalue weighted by atomic mass is 79.9. The number of nitrogens with one attached hydrogen (secondary N) is 2. The average molecular weight is 481 g/mol. The normalized spacial score (nSPS) is 16.8. The summed E-state index contributed by atoms with van der Waals surface area (Å²) >= 11 is 9.55. The van der Waals surface area contributed by atoms with E-state index in [2.05, 4.69) is 36.6 Å². The van der Waals surface area contributed by atoms with E-state index in [1.165, 1.54) is 4.68 Å². The van der Waals surface area contributed by atoms with Gasteiger partial charge in [0.15, 0.2) is 5.82 Å². The van der Waals surface area contributed by atoms with Gasteiger partial charge >= 0.3 is 0 Å². The molecule has 0 aliphatic heterocycles. The molecule has 9 heteroatoms. The van der Waals surface area contributed by atoms with E-state index in [4.69, 9.17) is 11.6 Å². The van der Waals surface area contributed by atoms with E-state index in [9.17, 15) is 9.59 Å². The van der Waals surface area contributed by atoms with Crippen molar-refractivity contribution in [2.45, 2.75) is 46.1 Å². The van der Waals surface area contributed by atoms with E-state index in [1.54, 1.807) is 24.4 Å². The van der Waals surface area contributed by atoms with Gasteiger partial charge in [-0.3, -0.25) is 9.59 Å². The van der Waals surface area contributed by atoms with Crippen molar-refractivity contribution in [2.75, 3.05) is 0 Å². The minimum absolute atomic E-state index is 0.0327. The number of nitrogens with zero attached hydrogens (tertiary/aromatic N) is 3. The smallest absolute Gasteiger partial charge is 0.274 e. The lowest BCUT2D eigenvalue weighted by molar-refractivity contribution is -0.124. The van der Waals surface area contributed by atoms with Gasteiger partial charge in [-0.25, -0.2) is 9.67 Å². The molecule has 2 heterocycles.